The smallest absolute Gasteiger partial charge is 0.257 e. The maximum Gasteiger partial charge on any atom is 0.257 e. The summed E-state index contributed by atoms with van der Waals surface area (Å²) in [5.41, 5.74) is 3.90. The molecule has 1 heterocycles. The van der Waals surface area contributed by atoms with Crippen molar-refractivity contribution in [1.82, 2.24) is 10.2 Å². The summed E-state index contributed by atoms with van der Waals surface area (Å²) in [5, 5.41) is 13.1. The fourth-order valence-electron chi connectivity index (χ4n) is 2.71. The van der Waals surface area contributed by atoms with E-state index in [1.165, 1.54) is 16.9 Å². The van der Waals surface area contributed by atoms with E-state index in [0.717, 1.165) is 31.8 Å². The summed E-state index contributed by atoms with van der Waals surface area (Å²) in [5.74, 6) is 0.623. The number of rotatable bonds is 6. The van der Waals surface area contributed by atoms with Gasteiger partial charge in [-0.25, -0.2) is 0 Å². The third-order valence-electron chi connectivity index (χ3n) is 4.38. The van der Waals surface area contributed by atoms with E-state index in [-0.39, 0.29) is 5.91 Å². The van der Waals surface area contributed by atoms with Crippen molar-refractivity contribution in [2.24, 2.45) is 0 Å². The van der Waals surface area contributed by atoms with Crippen molar-refractivity contribution < 1.29 is 4.79 Å². The molecule has 1 N–H and O–H groups in total. The van der Waals surface area contributed by atoms with Crippen LogP contribution in [0.15, 0.2) is 77.7 Å². The lowest BCUT2D eigenvalue weighted by Gasteiger charge is -2.05. The number of benzene rings is 3. The maximum absolute atomic E-state index is 12.5. The molecular formula is C23H18ClN3OS2. The van der Waals surface area contributed by atoms with Gasteiger partial charge < -0.3 is 0 Å². The summed E-state index contributed by atoms with van der Waals surface area (Å²) in [4.78, 5) is 13.7. The summed E-state index contributed by atoms with van der Waals surface area (Å²) in [6.45, 7) is 2.04. The number of hydrogen-bond donors (Lipinski definition) is 1. The Hall–Kier alpha value is -2.67. The van der Waals surface area contributed by atoms with Crippen LogP contribution < -0.4 is 5.32 Å². The second-order valence-electron chi connectivity index (χ2n) is 6.67. The van der Waals surface area contributed by atoms with Crippen LogP contribution in [-0.4, -0.2) is 16.1 Å². The summed E-state index contributed by atoms with van der Waals surface area (Å²) in [6, 6.07) is 23.4. The molecule has 0 aliphatic rings. The molecule has 4 aromatic rings. The molecule has 4 nitrogen and oxygen atoms in total. The molecule has 0 spiro atoms. The van der Waals surface area contributed by atoms with Crippen LogP contribution in [-0.2, 0) is 5.75 Å². The molecule has 0 saturated carbocycles. The highest BCUT2D eigenvalue weighted by molar-refractivity contribution is 7.98. The number of halogens is 1. The van der Waals surface area contributed by atoms with Crippen LogP contribution >= 0.6 is 34.7 Å². The molecule has 3 aromatic carbocycles. The largest absolute Gasteiger partial charge is 0.296 e. The average Bonchev–Trinajstić information content (AvgIpc) is 3.22. The Morgan fingerprint density at radius 3 is 2.37 bits per heavy atom. The van der Waals surface area contributed by atoms with Crippen LogP contribution in [0.1, 0.15) is 21.5 Å². The van der Waals surface area contributed by atoms with E-state index in [9.17, 15) is 4.79 Å². The second kappa shape index (κ2) is 9.43. The molecule has 0 unspecified atom stereocenters. The molecule has 0 fully saturated rings. The molecular weight excluding hydrogens is 434 g/mol. The molecule has 0 saturated heterocycles. The third-order valence-corrected chi connectivity index (χ3v) is 6.60. The van der Waals surface area contributed by atoms with E-state index in [1.54, 1.807) is 11.8 Å². The molecule has 0 radical (unpaired) electrons. The molecule has 150 valence electrons. The van der Waals surface area contributed by atoms with Gasteiger partial charge in [0.15, 0.2) is 0 Å². The zero-order chi connectivity index (χ0) is 20.9. The standard InChI is InChI=1S/C23H18ClN3OS2/c1-15-2-6-18(7-3-15)22-26-27-23(30-22)25-21(28)17-8-4-16(5-9-17)14-29-20-12-10-19(24)11-13-20/h2-13H,14H2,1H3,(H,25,27,28). The SMILES string of the molecule is Cc1ccc(-c2nnc(NC(=O)c3ccc(CSc4ccc(Cl)cc4)cc3)s2)cc1. The minimum Gasteiger partial charge on any atom is -0.296 e. The Labute approximate surface area is 188 Å². The Morgan fingerprint density at radius 1 is 0.967 bits per heavy atom. The Balaban J connectivity index is 1.35. The predicted molar refractivity (Wildman–Crippen MR) is 125 cm³/mol. The molecule has 0 aliphatic carbocycles. The van der Waals surface area contributed by atoms with Gasteiger partial charge in [-0.3, -0.25) is 10.1 Å². The van der Waals surface area contributed by atoms with E-state index < -0.39 is 0 Å². The first-order valence-corrected chi connectivity index (χ1v) is 11.4. The minimum atomic E-state index is -0.196. The molecule has 0 atom stereocenters. The van der Waals surface area contributed by atoms with Crippen molar-refractivity contribution in [3.63, 3.8) is 0 Å². The highest BCUT2D eigenvalue weighted by Crippen LogP contribution is 2.27. The van der Waals surface area contributed by atoms with E-state index in [0.29, 0.717) is 10.7 Å². The van der Waals surface area contributed by atoms with E-state index in [1.807, 2.05) is 79.7 Å². The van der Waals surface area contributed by atoms with Gasteiger partial charge in [0.1, 0.15) is 5.01 Å². The summed E-state index contributed by atoms with van der Waals surface area (Å²) in [6.07, 6.45) is 0. The second-order valence-corrected chi connectivity index (χ2v) is 9.13. The first-order chi connectivity index (χ1) is 14.6. The normalized spacial score (nSPS) is 10.7. The molecule has 1 aromatic heterocycles. The van der Waals surface area contributed by atoms with Crippen molar-refractivity contribution in [2.75, 3.05) is 5.32 Å². The number of hydrogen-bond acceptors (Lipinski definition) is 5. The van der Waals surface area contributed by atoms with Gasteiger partial charge in [-0.2, -0.15) is 0 Å². The molecule has 7 heteroatoms. The first kappa shape index (κ1) is 20.6. The van der Waals surface area contributed by atoms with Crippen molar-refractivity contribution in [3.05, 3.63) is 94.5 Å². The van der Waals surface area contributed by atoms with Gasteiger partial charge in [0, 0.05) is 26.8 Å². The van der Waals surface area contributed by atoms with Gasteiger partial charge >= 0.3 is 0 Å². The summed E-state index contributed by atoms with van der Waals surface area (Å²) >= 11 is 9.00. The minimum absolute atomic E-state index is 0.196. The highest BCUT2D eigenvalue weighted by Gasteiger charge is 2.11. The fourth-order valence-corrected chi connectivity index (χ4v) is 4.43. The van der Waals surface area contributed by atoms with Crippen LogP contribution in [0.5, 0.6) is 0 Å². The lowest BCUT2D eigenvalue weighted by molar-refractivity contribution is 0.102. The van der Waals surface area contributed by atoms with Crippen molar-refractivity contribution in [1.29, 1.82) is 0 Å². The van der Waals surface area contributed by atoms with Crippen LogP contribution in [0.25, 0.3) is 10.6 Å². The first-order valence-electron chi connectivity index (χ1n) is 9.26. The highest BCUT2D eigenvalue weighted by atomic mass is 35.5. The summed E-state index contributed by atoms with van der Waals surface area (Å²) < 4.78 is 0. The summed E-state index contributed by atoms with van der Waals surface area (Å²) in [7, 11) is 0. The molecule has 1 amide bonds. The van der Waals surface area contributed by atoms with Gasteiger partial charge in [-0.05, 0) is 48.9 Å². The van der Waals surface area contributed by atoms with Crippen LogP contribution in [0.4, 0.5) is 5.13 Å². The van der Waals surface area contributed by atoms with E-state index >= 15 is 0 Å². The van der Waals surface area contributed by atoms with Gasteiger partial charge in [0.2, 0.25) is 5.13 Å². The average molecular weight is 452 g/mol. The van der Waals surface area contributed by atoms with Crippen LogP contribution in [0.2, 0.25) is 5.02 Å². The lowest BCUT2D eigenvalue weighted by Crippen LogP contribution is -2.11. The monoisotopic (exact) mass is 451 g/mol. The maximum atomic E-state index is 12.5. The number of carbonyl (C=O) groups excluding carboxylic acids is 1. The quantitative estimate of drug-likeness (QED) is 0.331. The van der Waals surface area contributed by atoms with Gasteiger partial charge in [-0.15, -0.1) is 22.0 Å². The number of aromatic nitrogens is 2. The van der Waals surface area contributed by atoms with E-state index in [2.05, 4.69) is 15.5 Å². The van der Waals surface area contributed by atoms with Crippen molar-refractivity contribution >= 4 is 45.7 Å². The van der Waals surface area contributed by atoms with Crippen LogP contribution in [0, 0.1) is 6.92 Å². The van der Waals surface area contributed by atoms with Gasteiger partial charge in [0.25, 0.3) is 5.91 Å². The Bertz CT molecular complexity index is 1140. The molecule has 0 bridgehead atoms. The van der Waals surface area contributed by atoms with Crippen LogP contribution in [0.3, 0.4) is 0 Å². The number of nitrogens with one attached hydrogen (secondary N) is 1. The predicted octanol–water partition coefficient (Wildman–Crippen LogP) is 6.71. The number of amides is 1. The number of thioether (sulfide) groups is 1. The Kier molecular flexibility index (Phi) is 6.47. The zero-order valence-corrected chi connectivity index (χ0v) is 18.5. The topological polar surface area (TPSA) is 54.9 Å². The number of nitrogens with zero attached hydrogens (tertiary/aromatic N) is 2. The van der Waals surface area contributed by atoms with Gasteiger partial charge in [-0.1, -0.05) is 64.9 Å². The zero-order valence-electron chi connectivity index (χ0n) is 16.1. The Morgan fingerprint density at radius 2 is 1.67 bits per heavy atom. The molecule has 30 heavy (non-hydrogen) atoms. The number of carbonyl (C=O) groups is 1. The van der Waals surface area contributed by atoms with E-state index in [4.69, 9.17) is 11.6 Å². The third kappa shape index (κ3) is 5.27. The van der Waals surface area contributed by atoms with Crippen molar-refractivity contribution in [2.45, 2.75) is 17.6 Å². The molecule has 0 aliphatic heterocycles. The number of anilines is 1. The lowest BCUT2D eigenvalue weighted by atomic mass is 10.1. The number of aryl methyl sites for hydroxylation is 1. The fraction of sp³-hybridized carbons (Fsp3) is 0.0870. The molecule has 4 rings (SSSR count). The van der Waals surface area contributed by atoms with Gasteiger partial charge in [0.05, 0.1) is 0 Å². The van der Waals surface area contributed by atoms with Crippen molar-refractivity contribution in [3.8, 4) is 10.6 Å².